The van der Waals surface area contributed by atoms with Gasteiger partial charge in [0.15, 0.2) is 0 Å². The summed E-state index contributed by atoms with van der Waals surface area (Å²) in [5.74, 6) is 0.291. The van der Waals surface area contributed by atoms with Crippen molar-refractivity contribution >= 4 is 5.97 Å². The van der Waals surface area contributed by atoms with Crippen molar-refractivity contribution in [1.29, 1.82) is 0 Å². The van der Waals surface area contributed by atoms with Crippen LogP contribution in [-0.2, 0) is 19.3 Å². The molecule has 1 rings (SSSR count). The Morgan fingerprint density at radius 2 is 1.88 bits per heavy atom. The number of carbonyl (C=O) groups excluding carboxylic acids is 1. The van der Waals surface area contributed by atoms with Gasteiger partial charge in [0.05, 0.1) is 18.8 Å². The third-order valence-corrected chi connectivity index (χ3v) is 2.82. The molecule has 0 aliphatic heterocycles. The van der Waals surface area contributed by atoms with Gasteiger partial charge in [-0.3, -0.25) is 4.79 Å². The predicted molar refractivity (Wildman–Crippen MR) is 59.0 cm³/mol. The Bertz CT molecular complexity index is 241. The zero-order valence-electron chi connectivity index (χ0n) is 9.39. The van der Waals surface area contributed by atoms with Gasteiger partial charge >= 0.3 is 5.97 Å². The second-order valence-corrected chi connectivity index (χ2v) is 3.87. The highest BCUT2D eigenvalue weighted by Gasteiger charge is 2.27. The molecular weight excluding hydrogens is 208 g/mol. The van der Waals surface area contributed by atoms with Crippen molar-refractivity contribution < 1.29 is 19.3 Å². The van der Waals surface area contributed by atoms with E-state index in [9.17, 15) is 4.79 Å². The minimum absolute atomic E-state index is 0.00886. The van der Waals surface area contributed by atoms with Gasteiger partial charge in [0.1, 0.15) is 6.26 Å². The molecule has 0 unspecified atom stereocenters. The molecule has 0 bridgehead atoms. The van der Waals surface area contributed by atoms with E-state index in [0.717, 1.165) is 25.7 Å². The minimum Gasteiger partial charge on any atom is -0.435 e. The van der Waals surface area contributed by atoms with Gasteiger partial charge in [0, 0.05) is 0 Å². The Hall–Kier alpha value is -1.29. The van der Waals surface area contributed by atoms with Crippen molar-refractivity contribution in [3.8, 4) is 0 Å². The molecule has 90 valence electrons. The van der Waals surface area contributed by atoms with Gasteiger partial charge in [-0.05, 0) is 31.6 Å². The van der Waals surface area contributed by atoms with Gasteiger partial charge in [0.2, 0.25) is 0 Å². The average Bonchev–Trinajstić information content (AvgIpc) is 2.30. The van der Waals surface area contributed by atoms with Gasteiger partial charge < -0.3 is 9.62 Å². The van der Waals surface area contributed by atoms with Gasteiger partial charge in [-0.15, -0.1) is 0 Å². The fourth-order valence-electron chi connectivity index (χ4n) is 1.93. The van der Waals surface area contributed by atoms with Gasteiger partial charge in [0.25, 0.3) is 0 Å². The monoisotopic (exact) mass is 226 g/mol. The maximum Gasteiger partial charge on any atom is 0.313 e. The van der Waals surface area contributed by atoms with Crippen molar-refractivity contribution in [3.63, 3.8) is 0 Å². The Morgan fingerprint density at radius 1 is 1.19 bits per heavy atom. The smallest absolute Gasteiger partial charge is 0.313 e. The molecule has 0 radical (unpaired) electrons. The molecule has 1 saturated carbocycles. The second kappa shape index (κ2) is 7.06. The first kappa shape index (κ1) is 12.8. The summed E-state index contributed by atoms with van der Waals surface area (Å²) in [5, 5.41) is 0. The highest BCUT2D eigenvalue weighted by atomic mass is 17.2. The quantitative estimate of drug-likeness (QED) is 0.229. The summed E-state index contributed by atoms with van der Waals surface area (Å²) in [7, 11) is 0. The van der Waals surface area contributed by atoms with E-state index in [-0.39, 0.29) is 11.9 Å². The van der Waals surface area contributed by atoms with Crippen LogP contribution in [0.1, 0.15) is 25.7 Å². The fraction of sp³-hybridized carbons (Fsp3) is 0.583. The molecule has 0 amide bonds. The first-order chi connectivity index (χ1) is 7.77. The predicted octanol–water partition coefficient (Wildman–Crippen LogP) is 2.57. The first-order valence-corrected chi connectivity index (χ1v) is 5.48. The Morgan fingerprint density at radius 3 is 2.44 bits per heavy atom. The molecule has 4 heteroatoms. The number of hydrogen-bond donors (Lipinski definition) is 0. The summed E-state index contributed by atoms with van der Waals surface area (Å²) >= 11 is 0. The van der Waals surface area contributed by atoms with Crippen LogP contribution >= 0.6 is 0 Å². The van der Waals surface area contributed by atoms with E-state index in [1.807, 2.05) is 0 Å². The number of rotatable bonds is 6. The number of carbonyl (C=O) groups is 1. The van der Waals surface area contributed by atoms with Gasteiger partial charge in [-0.2, -0.15) is 4.89 Å². The van der Waals surface area contributed by atoms with Crippen molar-refractivity contribution in [2.24, 2.45) is 11.8 Å². The molecule has 1 fully saturated rings. The third kappa shape index (κ3) is 4.06. The van der Waals surface area contributed by atoms with Crippen LogP contribution < -0.4 is 0 Å². The molecule has 1 aliphatic rings. The normalized spacial score (nSPS) is 24.5. The lowest BCUT2D eigenvalue weighted by atomic mass is 9.82. The van der Waals surface area contributed by atoms with E-state index in [1.165, 1.54) is 12.5 Å². The number of esters is 1. The van der Waals surface area contributed by atoms with Crippen LogP contribution in [0.5, 0.6) is 0 Å². The lowest BCUT2D eigenvalue weighted by Crippen LogP contribution is -2.24. The molecule has 0 aromatic rings. The third-order valence-electron chi connectivity index (χ3n) is 2.82. The summed E-state index contributed by atoms with van der Waals surface area (Å²) in [6, 6.07) is 0. The molecule has 0 N–H and O–H groups in total. The minimum atomic E-state index is -0.170. The summed E-state index contributed by atoms with van der Waals surface area (Å²) in [4.78, 5) is 20.9. The Kier molecular flexibility index (Phi) is 5.64. The van der Waals surface area contributed by atoms with Crippen LogP contribution in [0.2, 0.25) is 0 Å². The summed E-state index contributed by atoms with van der Waals surface area (Å²) in [6.07, 6.45) is 6.04. The van der Waals surface area contributed by atoms with Crippen LogP contribution in [0.3, 0.4) is 0 Å². The number of hydrogen-bond acceptors (Lipinski definition) is 4. The molecule has 0 aromatic carbocycles. The highest BCUT2D eigenvalue weighted by Crippen LogP contribution is 2.29. The zero-order valence-corrected chi connectivity index (χ0v) is 9.39. The molecule has 0 aromatic heterocycles. The van der Waals surface area contributed by atoms with E-state index in [0.29, 0.717) is 12.5 Å². The zero-order chi connectivity index (χ0) is 11.8. The van der Waals surface area contributed by atoms with Crippen molar-refractivity contribution in [2.75, 3.05) is 6.61 Å². The summed E-state index contributed by atoms with van der Waals surface area (Å²) in [5.41, 5.74) is 0. The molecule has 1 aliphatic carbocycles. The first-order valence-electron chi connectivity index (χ1n) is 5.48. The fourth-order valence-corrected chi connectivity index (χ4v) is 1.93. The lowest BCUT2D eigenvalue weighted by molar-refractivity contribution is -0.258. The molecule has 0 atom stereocenters. The summed E-state index contributed by atoms with van der Waals surface area (Å²) < 4.78 is 4.77. The topological polar surface area (TPSA) is 44.8 Å². The van der Waals surface area contributed by atoms with Crippen LogP contribution in [-0.4, -0.2) is 12.6 Å². The molecule has 0 spiro atoms. The molecule has 4 nitrogen and oxygen atoms in total. The van der Waals surface area contributed by atoms with Crippen molar-refractivity contribution in [1.82, 2.24) is 0 Å². The molecule has 16 heavy (non-hydrogen) atoms. The maximum atomic E-state index is 11.4. The van der Waals surface area contributed by atoms with Crippen LogP contribution in [0.25, 0.3) is 0 Å². The maximum absolute atomic E-state index is 11.4. The largest absolute Gasteiger partial charge is 0.435 e. The van der Waals surface area contributed by atoms with Crippen molar-refractivity contribution in [2.45, 2.75) is 25.7 Å². The van der Waals surface area contributed by atoms with E-state index >= 15 is 0 Å². The van der Waals surface area contributed by atoms with E-state index in [1.54, 1.807) is 0 Å². The number of ether oxygens (including phenoxy) is 1. The van der Waals surface area contributed by atoms with Crippen LogP contribution in [0.4, 0.5) is 0 Å². The van der Waals surface area contributed by atoms with Gasteiger partial charge in [-0.1, -0.05) is 13.2 Å². The standard InChI is InChI=1S/C12H18O4/c1-3-14-12(13)11-7-5-10(6-8-11)9-16-15-4-2/h3-4,10-11H,1-2,5-9H2. The van der Waals surface area contributed by atoms with Crippen molar-refractivity contribution in [3.05, 3.63) is 25.7 Å². The van der Waals surface area contributed by atoms with Crippen LogP contribution in [0, 0.1) is 11.8 Å². The molecule has 0 heterocycles. The average molecular weight is 226 g/mol. The Balaban J connectivity index is 2.20. The molecular formula is C12H18O4. The van der Waals surface area contributed by atoms with E-state index < -0.39 is 0 Å². The molecule has 0 saturated heterocycles. The van der Waals surface area contributed by atoms with E-state index in [4.69, 9.17) is 9.62 Å². The Labute approximate surface area is 95.8 Å². The van der Waals surface area contributed by atoms with Gasteiger partial charge in [-0.25, -0.2) is 0 Å². The highest BCUT2D eigenvalue weighted by molar-refractivity contribution is 5.73. The van der Waals surface area contributed by atoms with E-state index in [2.05, 4.69) is 18.0 Å². The second-order valence-electron chi connectivity index (χ2n) is 3.87. The van der Waals surface area contributed by atoms with Crippen LogP contribution in [0.15, 0.2) is 25.7 Å². The summed E-state index contributed by atoms with van der Waals surface area (Å²) in [6.45, 7) is 7.30. The lowest BCUT2D eigenvalue weighted by Gasteiger charge is -2.25. The SMILES string of the molecule is C=COOCC1CCC(C(=O)OC=C)CC1.